The maximum absolute atomic E-state index is 11.2. The Balaban J connectivity index is 2.75. The second-order valence-corrected chi connectivity index (χ2v) is 5.27. The van der Waals surface area contributed by atoms with Crippen molar-refractivity contribution in [2.45, 2.75) is 39.7 Å². The van der Waals surface area contributed by atoms with Crippen molar-refractivity contribution in [2.75, 3.05) is 6.54 Å². The van der Waals surface area contributed by atoms with E-state index in [2.05, 4.69) is 18.2 Å². The van der Waals surface area contributed by atoms with Crippen molar-refractivity contribution in [1.29, 1.82) is 0 Å². The maximum atomic E-state index is 11.2. The Morgan fingerprint density at radius 2 is 2.19 bits per heavy atom. The minimum absolute atomic E-state index is 0.184. The second kappa shape index (κ2) is 4.88. The number of aliphatic carboxylic acids is 1. The molecule has 2 N–H and O–H groups in total. The summed E-state index contributed by atoms with van der Waals surface area (Å²) >= 11 is 0. The highest BCUT2D eigenvalue weighted by molar-refractivity contribution is 5.71. The van der Waals surface area contributed by atoms with Crippen molar-refractivity contribution >= 4 is 5.97 Å². The van der Waals surface area contributed by atoms with Gasteiger partial charge in [0.05, 0.1) is 12.5 Å². The lowest BCUT2D eigenvalue weighted by Crippen LogP contribution is -2.51. The lowest BCUT2D eigenvalue weighted by molar-refractivity contribution is -0.150. The highest BCUT2D eigenvalue weighted by Gasteiger charge is 2.45. The highest BCUT2D eigenvalue weighted by Crippen LogP contribution is 2.44. The first kappa shape index (κ1) is 13.1. The molecule has 0 bridgehead atoms. The molecule has 0 amide bonds. The van der Waals surface area contributed by atoms with E-state index in [-0.39, 0.29) is 11.3 Å². The summed E-state index contributed by atoms with van der Waals surface area (Å²) in [6.07, 6.45) is 6.85. The molecule has 1 rings (SSSR count). The Labute approximate surface area is 97.6 Å². The normalized spacial score (nSPS) is 33.0. The molecule has 16 heavy (non-hydrogen) atoms. The summed E-state index contributed by atoms with van der Waals surface area (Å²) in [7, 11) is 0. The lowest BCUT2D eigenvalue weighted by Gasteiger charge is -2.46. The van der Waals surface area contributed by atoms with Gasteiger partial charge in [0.25, 0.3) is 0 Å². The van der Waals surface area contributed by atoms with Crippen LogP contribution < -0.4 is 5.32 Å². The number of hydrogen-bond donors (Lipinski definition) is 2. The molecule has 0 spiro atoms. The molecule has 0 aromatic heterocycles. The van der Waals surface area contributed by atoms with Crippen molar-refractivity contribution in [1.82, 2.24) is 5.32 Å². The Hall–Kier alpha value is -1.01. The van der Waals surface area contributed by atoms with Gasteiger partial charge < -0.3 is 10.4 Å². The molecule has 1 aliphatic rings. The van der Waals surface area contributed by atoms with Crippen molar-refractivity contribution in [3.63, 3.8) is 0 Å². The molecule has 0 saturated heterocycles. The van der Waals surface area contributed by atoms with Gasteiger partial charge in [0.15, 0.2) is 0 Å². The van der Waals surface area contributed by atoms with Gasteiger partial charge in [-0.3, -0.25) is 4.79 Å². The van der Waals surface area contributed by atoms with Crippen LogP contribution in [0.2, 0.25) is 0 Å². The van der Waals surface area contributed by atoms with Gasteiger partial charge >= 0.3 is 5.97 Å². The van der Waals surface area contributed by atoms with E-state index >= 15 is 0 Å². The van der Waals surface area contributed by atoms with Crippen LogP contribution >= 0.6 is 0 Å². The number of rotatable bonds is 3. The van der Waals surface area contributed by atoms with Gasteiger partial charge in [-0.25, -0.2) is 0 Å². The van der Waals surface area contributed by atoms with Crippen LogP contribution in [-0.2, 0) is 4.79 Å². The van der Waals surface area contributed by atoms with Gasteiger partial charge in [-0.2, -0.15) is 0 Å². The first-order valence-electron chi connectivity index (χ1n) is 5.81. The third-order valence-electron chi connectivity index (χ3n) is 4.21. The van der Waals surface area contributed by atoms with Crippen LogP contribution in [0.15, 0.2) is 0 Å². The molecule has 1 saturated carbocycles. The zero-order valence-electron chi connectivity index (χ0n) is 10.3. The molecule has 0 aromatic carbocycles. The van der Waals surface area contributed by atoms with Gasteiger partial charge in [-0.1, -0.05) is 26.7 Å². The van der Waals surface area contributed by atoms with Gasteiger partial charge in [-0.05, 0) is 24.2 Å². The van der Waals surface area contributed by atoms with Gasteiger partial charge in [0, 0.05) is 6.04 Å². The summed E-state index contributed by atoms with van der Waals surface area (Å²) in [6.45, 7) is 6.76. The van der Waals surface area contributed by atoms with E-state index in [1.165, 1.54) is 0 Å². The SMILES string of the molecule is C#CCNC1CCC(C(=O)O)C(C)(C)C1C. The van der Waals surface area contributed by atoms with Crippen molar-refractivity contribution in [3.8, 4) is 12.3 Å². The van der Waals surface area contributed by atoms with Crippen LogP contribution in [0.25, 0.3) is 0 Å². The standard InChI is InChI=1S/C13H21NO2/c1-5-8-14-11-7-6-10(12(15)16)13(3,4)9(11)2/h1,9-11,14H,6-8H2,2-4H3,(H,15,16). The Morgan fingerprint density at radius 3 is 2.69 bits per heavy atom. The average molecular weight is 223 g/mol. The summed E-state index contributed by atoms with van der Waals surface area (Å²) in [5, 5.41) is 12.5. The van der Waals surface area contributed by atoms with Gasteiger partial charge in [0.1, 0.15) is 0 Å². The Bertz CT molecular complexity index is 304. The summed E-state index contributed by atoms with van der Waals surface area (Å²) in [5.74, 6) is 1.97. The number of carboxylic acids is 1. The molecule has 3 unspecified atom stereocenters. The highest BCUT2D eigenvalue weighted by atomic mass is 16.4. The summed E-state index contributed by atoms with van der Waals surface area (Å²) in [6, 6.07) is 0.335. The Morgan fingerprint density at radius 1 is 1.56 bits per heavy atom. The fraction of sp³-hybridized carbons (Fsp3) is 0.769. The fourth-order valence-electron chi connectivity index (χ4n) is 2.71. The minimum atomic E-state index is -0.674. The smallest absolute Gasteiger partial charge is 0.307 e. The van der Waals surface area contributed by atoms with Crippen molar-refractivity contribution in [2.24, 2.45) is 17.3 Å². The third-order valence-corrected chi connectivity index (χ3v) is 4.21. The first-order valence-corrected chi connectivity index (χ1v) is 5.81. The average Bonchev–Trinajstić information content (AvgIpc) is 2.19. The van der Waals surface area contributed by atoms with E-state index in [0.717, 1.165) is 12.8 Å². The van der Waals surface area contributed by atoms with Crippen LogP contribution in [0.5, 0.6) is 0 Å². The van der Waals surface area contributed by atoms with Crippen LogP contribution in [0.4, 0.5) is 0 Å². The Kier molecular flexibility index (Phi) is 3.98. The second-order valence-electron chi connectivity index (χ2n) is 5.27. The van der Waals surface area contributed by atoms with E-state index in [0.29, 0.717) is 18.5 Å². The van der Waals surface area contributed by atoms with Crippen LogP contribution in [-0.4, -0.2) is 23.7 Å². The minimum Gasteiger partial charge on any atom is -0.481 e. The zero-order valence-corrected chi connectivity index (χ0v) is 10.3. The third kappa shape index (κ3) is 2.38. The molecule has 0 aliphatic heterocycles. The largest absolute Gasteiger partial charge is 0.481 e. The van der Waals surface area contributed by atoms with E-state index < -0.39 is 5.97 Å². The molecular formula is C13H21NO2. The summed E-state index contributed by atoms with van der Waals surface area (Å²) in [5.41, 5.74) is -0.184. The number of hydrogen-bond acceptors (Lipinski definition) is 2. The van der Waals surface area contributed by atoms with E-state index in [4.69, 9.17) is 6.42 Å². The fourth-order valence-corrected chi connectivity index (χ4v) is 2.71. The molecule has 0 aromatic rings. The molecule has 0 heterocycles. The molecule has 3 atom stereocenters. The molecule has 3 heteroatoms. The predicted molar refractivity (Wildman–Crippen MR) is 63.9 cm³/mol. The van der Waals surface area contributed by atoms with Gasteiger partial charge in [-0.15, -0.1) is 6.42 Å². The molecule has 1 fully saturated rings. The van der Waals surface area contributed by atoms with Gasteiger partial charge in [0.2, 0.25) is 0 Å². The molecule has 0 radical (unpaired) electrons. The maximum Gasteiger partial charge on any atom is 0.307 e. The van der Waals surface area contributed by atoms with Crippen LogP contribution in [0.3, 0.4) is 0 Å². The predicted octanol–water partition coefficient (Wildman–Crippen LogP) is 1.73. The molecular weight excluding hydrogens is 202 g/mol. The van der Waals surface area contributed by atoms with Crippen molar-refractivity contribution < 1.29 is 9.90 Å². The number of terminal acetylenes is 1. The quantitative estimate of drug-likeness (QED) is 0.716. The number of carboxylic acid groups (broad SMARTS) is 1. The lowest BCUT2D eigenvalue weighted by atomic mass is 9.61. The summed E-state index contributed by atoms with van der Waals surface area (Å²) in [4.78, 5) is 11.2. The topological polar surface area (TPSA) is 49.3 Å². The first-order chi connectivity index (χ1) is 7.41. The zero-order chi connectivity index (χ0) is 12.3. The van der Waals surface area contributed by atoms with Crippen LogP contribution in [0, 0.1) is 29.6 Å². The number of carbonyl (C=O) groups is 1. The molecule has 1 aliphatic carbocycles. The molecule has 3 nitrogen and oxygen atoms in total. The number of nitrogens with one attached hydrogen (secondary N) is 1. The van der Waals surface area contributed by atoms with E-state index in [1.54, 1.807) is 0 Å². The van der Waals surface area contributed by atoms with E-state index in [1.807, 2.05) is 13.8 Å². The van der Waals surface area contributed by atoms with Crippen LogP contribution in [0.1, 0.15) is 33.6 Å². The summed E-state index contributed by atoms with van der Waals surface area (Å²) < 4.78 is 0. The monoisotopic (exact) mass is 223 g/mol. The van der Waals surface area contributed by atoms with Crippen molar-refractivity contribution in [3.05, 3.63) is 0 Å². The van der Waals surface area contributed by atoms with E-state index in [9.17, 15) is 9.90 Å². The molecule has 90 valence electrons.